The van der Waals surface area contributed by atoms with E-state index in [2.05, 4.69) is 46.0 Å². The third-order valence-corrected chi connectivity index (χ3v) is 15.3. The zero-order valence-electron chi connectivity index (χ0n) is 17.7. The molecule has 2 saturated carbocycles. The molecule has 6 heteroatoms. The molecule has 1 saturated heterocycles. The number of carbonyl (C=O) groups excluding carboxylic acids is 1. The number of hydrogen-bond donors (Lipinski definition) is 0. The molecule has 0 aromatic heterocycles. The van der Waals surface area contributed by atoms with Crippen LogP contribution < -0.4 is 5.19 Å². The summed E-state index contributed by atoms with van der Waals surface area (Å²) < 4.78 is 27.6. The van der Waals surface area contributed by atoms with Gasteiger partial charge < -0.3 is 0 Å². The van der Waals surface area contributed by atoms with Crippen molar-refractivity contribution in [3.8, 4) is 0 Å². The molecule has 4 rings (SSSR count). The minimum absolute atomic E-state index is 0.00341. The molecular formula is C22H33NO3SSi. The molecule has 3 fully saturated rings. The molecule has 0 radical (unpaired) electrons. The van der Waals surface area contributed by atoms with E-state index in [1.54, 1.807) is 0 Å². The summed E-state index contributed by atoms with van der Waals surface area (Å²) in [6.07, 6.45) is 3.22. The average Bonchev–Trinajstić information content (AvgIpc) is 3.09. The van der Waals surface area contributed by atoms with Crippen molar-refractivity contribution in [3.63, 3.8) is 0 Å². The van der Waals surface area contributed by atoms with E-state index in [9.17, 15) is 13.2 Å². The smallest absolute Gasteiger partial charge is 0.238 e. The van der Waals surface area contributed by atoms with Crippen LogP contribution in [0.5, 0.6) is 0 Å². The lowest BCUT2D eigenvalue weighted by Crippen LogP contribution is -2.48. The molecule has 2 aliphatic carbocycles. The van der Waals surface area contributed by atoms with E-state index in [1.807, 2.05) is 18.2 Å². The van der Waals surface area contributed by atoms with Gasteiger partial charge >= 0.3 is 0 Å². The molecule has 4 nitrogen and oxygen atoms in total. The lowest BCUT2D eigenvalue weighted by atomic mass is 9.69. The quantitative estimate of drug-likeness (QED) is 0.699. The predicted octanol–water partition coefficient (Wildman–Crippen LogP) is 3.75. The average molecular weight is 420 g/mol. The highest BCUT2D eigenvalue weighted by Crippen LogP contribution is 2.70. The van der Waals surface area contributed by atoms with Gasteiger partial charge in [0, 0.05) is 11.8 Å². The Balaban J connectivity index is 1.59. The first-order valence-electron chi connectivity index (χ1n) is 10.5. The number of nitrogens with zero attached hydrogens (tertiary/aromatic N) is 1. The zero-order chi connectivity index (χ0) is 20.5. The van der Waals surface area contributed by atoms with Gasteiger partial charge in [0.15, 0.2) is 0 Å². The third kappa shape index (κ3) is 2.59. The van der Waals surface area contributed by atoms with Crippen molar-refractivity contribution < 1.29 is 13.2 Å². The van der Waals surface area contributed by atoms with Crippen LogP contribution in [0.4, 0.5) is 0 Å². The third-order valence-electron chi connectivity index (χ3n) is 8.89. The fraction of sp³-hybridized carbons (Fsp3) is 0.682. The standard InChI is InChI=1S/C22H33NO3SSi/c1-16(28(4,5)18-9-7-6-8-10-18)13-20(24)23-19-14-17-11-12-22(19,21(17,2)3)15-27(23,25)26/h6-10,16-17,19H,11-15H2,1-5H3/t16-,17-,19-,22-/m0/s1. The summed E-state index contributed by atoms with van der Waals surface area (Å²) in [7, 11) is -5.38. The van der Waals surface area contributed by atoms with Crippen LogP contribution in [0.1, 0.15) is 46.5 Å². The van der Waals surface area contributed by atoms with Crippen molar-refractivity contribution in [1.29, 1.82) is 0 Å². The minimum Gasteiger partial charge on any atom is -0.274 e. The van der Waals surface area contributed by atoms with Crippen LogP contribution in [0.2, 0.25) is 18.6 Å². The van der Waals surface area contributed by atoms with Gasteiger partial charge in [-0.25, -0.2) is 12.7 Å². The molecule has 0 unspecified atom stereocenters. The molecule has 2 bridgehead atoms. The topological polar surface area (TPSA) is 54.5 Å². The Bertz CT molecular complexity index is 896. The SMILES string of the molecule is C[C@@H](CC(=O)N1[C@H]2C[C@@H]3CC[C@@]2(CS1(=O)=O)C3(C)C)[Si](C)(C)c1ccccc1. The fourth-order valence-corrected chi connectivity index (χ4v) is 11.2. The molecule has 1 heterocycles. The Morgan fingerprint density at radius 3 is 2.50 bits per heavy atom. The van der Waals surface area contributed by atoms with Crippen molar-refractivity contribution >= 4 is 29.2 Å². The van der Waals surface area contributed by atoms with Crippen LogP contribution in [0.15, 0.2) is 30.3 Å². The van der Waals surface area contributed by atoms with Crippen LogP contribution in [-0.4, -0.2) is 38.5 Å². The molecule has 4 atom stereocenters. The number of rotatable bonds is 4. The first-order chi connectivity index (χ1) is 12.9. The van der Waals surface area contributed by atoms with Crippen LogP contribution >= 0.6 is 0 Å². The summed E-state index contributed by atoms with van der Waals surface area (Å²) in [5.74, 6) is 0.526. The van der Waals surface area contributed by atoms with E-state index >= 15 is 0 Å². The summed E-state index contributed by atoms with van der Waals surface area (Å²) in [4.78, 5) is 13.3. The molecule has 3 aliphatic rings. The maximum atomic E-state index is 13.3. The number of carbonyl (C=O) groups is 1. The highest BCUT2D eigenvalue weighted by atomic mass is 32.2. The van der Waals surface area contributed by atoms with E-state index in [1.165, 1.54) is 9.49 Å². The Labute approximate surface area is 170 Å². The van der Waals surface area contributed by atoms with Crippen molar-refractivity contribution in [2.45, 2.75) is 71.1 Å². The van der Waals surface area contributed by atoms with E-state index in [0.717, 1.165) is 19.3 Å². The van der Waals surface area contributed by atoms with E-state index in [4.69, 9.17) is 0 Å². The summed E-state index contributed by atoms with van der Waals surface area (Å²) in [6.45, 7) is 11.1. The second-order valence-electron chi connectivity index (χ2n) is 10.5. The number of fused-ring (bicyclic) bond motifs is 1. The van der Waals surface area contributed by atoms with Crippen molar-refractivity contribution in [2.75, 3.05) is 5.75 Å². The van der Waals surface area contributed by atoms with Gasteiger partial charge in [-0.05, 0) is 36.1 Å². The highest BCUT2D eigenvalue weighted by Gasteiger charge is 2.72. The maximum absolute atomic E-state index is 13.3. The number of sulfonamides is 1. The van der Waals surface area contributed by atoms with Gasteiger partial charge in [-0.1, -0.05) is 69.4 Å². The fourth-order valence-electron chi connectivity index (χ4n) is 6.38. The first kappa shape index (κ1) is 20.1. The molecule has 1 aromatic rings. The molecule has 154 valence electrons. The molecule has 1 spiro atoms. The highest BCUT2D eigenvalue weighted by molar-refractivity contribution is 7.90. The lowest BCUT2D eigenvalue weighted by Gasteiger charge is -2.37. The molecule has 1 aromatic carbocycles. The maximum Gasteiger partial charge on any atom is 0.238 e. The van der Waals surface area contributed by atoms with Gasteiger partial charge in [0.05, 0.1) is 19.9 Å². The van der Waals surface area contributed by atoms with Gasteiger partial charge in [0.2, 0.25) is 15.9 Å². The first-order valence-corrected chi connectivity index (χ1v) is 15.2. The van der Waals surface area contributed by atoms with Gasteiger partial charge in [0.25, 0.3) is 0 Å². The largest absolute Gasteiger partial charge is 0.274 e. The number of hydrogen-bond acceptors (Lipinski definition) is 3. The summed E-state index contributed by atoms with van der Waals surface area (Å²) in [5, 5.41) is 1.32. The number of amides is 1. The molecular weight excluding hydrogens is 386 g/mol. The predicted molar refractivity (Wildman–Crippen MR) is 116 cm³/mol. The van der Waals surface area contributed by atoms with Crippen molar-refractivity contribution in [1.82, 2.24) is 4.31 Å². The second-order valence-corrected chi connectivity index (χ2v) is 17.4. The molecule has 0 N–H and O–H groups in total. The zero-order valence-corrected chi connectivity index (χ0v) is 19.6. The van der Waals surface area contributed by atoms with E-state index in [0.29, 0.717) is 12.3 Å². The lowest BCUT2D eigenvalue weighted by molar-refractivity contribution is -0.129. The van der Waals surface area contributed by atoms with E-state index in [-0.39, 0.29) is 34.1 Å². The molecule has 1 aliphatic heterocycles. The number of benzene rings is 1. The monoisotopic (exact) mass is 419 g/mol. The Morgan fingerprint density at radius 1 is 1.25 bits per heavy atom. The molecule has 1 amide bonds. The van der Waals surface area contributed by atoms with E-state index < -0.39 is 18.1 Å². The van der Waals surface area contributed by atoms with Gasteiger partial charge in [-0.3, -0.25) is 4.79 Å². The summed E-state index contributed by atoms with van der Waals surface area (Å²) >= 11 is 0. The van der Waals surface area contributed by atoms with Crippen molar-refractivity contribution in [2.24, 2.45) is 16.7 Å². The normalized spacial score (nSPS) is 33.7. The second kappa shape index (κ2) is 6.18. The van der Waals surface area contributed by atoms with Crippen LogP contribution in [0.3, 0.4) is 0 Å². The van der Waals surface area contributed by atoms with Crippen LogP contribution in [0, 0.1) is 16.7 Å². The van der Waals surface area contributed by atoms with Crippen LogP contribution in [-0.2, 0) is 14.8 Å². The summed E-state index contributed by atoms with van der Waals surface area (Å²) in [5.41, 5.74) is -0.0497. The summed E-state index contributed by atoms with van der Waals surface area (Å²) in [6, 6.07) is 10.3. The minimum atomic E-state index is -3.52. The van der Waals surface area contributed by atoms with Gasteiger partial charge in [0.1, 0.15) is 0 Å². The van der Waals surface area contributed by atoms with Gasteiger partial charge in [-0.2, -0.15) is 0 Å². The Kier molecular flexibility index (Phi) is 4.44. The van der Waals surface area contributed by atoms with Crippen molar-refractivity contribution in [3.05, 3.63) is 30.3 Å². The molecule has 28 heavy (non-hydrogen) atoms. The Hall–Kier alpha value is -1.14. The Morgan fingerprint density at radius 2 is 1.89 bits per heavy atom. The van der Waals surface area contributed by atoms with Gasteiger partial charge in [-0.15, -0.1) is 0 Å². The van der Waals surface area contributed by atoms with Crippen LogP contribution in [0.25, 0.3) is 0 Å².